The van der Waals surface area contributed by atoms with Gasteiger partial charge in [-0.2, -0.15) is 0 Å². The Morgan fingerprint density at radius 1 is 1.27 bits per heavy atom. The van der Waals surface area contributed by atoms with Crippen LogP contribution in [-0.2, 0) is 0 Å². The second-order valence-electron chi connectivity index (χ2n) is 5.91. The van der Waals surface area contributed by atoms with Gasteiger partial charge in [-0.3, -0.25) is 4.79 Å². The number of carbonyl (C=O) groups is 1. The average Bonchev–Trinajstić information content (AvgIpc) is 2.85. The third-order valence-corrected chi connectivity index (χ3v) is 4.53. The molecule has 1 saturated heterocycles. The highest BCUT2D eigenvalue weighted by atomic mass is 35.5. The Morgan fingerprint density at radius 3 is 2.59 bits per heavy atom. The van der Waals surface area contributed by atoms with E-state index in [9.17, 15) is 4.79 Å². The van der Waals surface area contributed by atoms with Crippen LogP contribution in [0.15, 0.2) is 22.6 Å². The zero-order chi connectivity index (χ0) is 15.0. The number of hydrogen-bond acceptors (Lipinski definition) is 3. The van der Waals surface area contributed by atoms with Gasteiger partial charge in [0.1, 0.15) is 5.58 Å². The monoisotopic (exact) mass is 322 g/mol. The summed E-state index contributed by atoms with van der Waals surface area (Å²) in [6.45, 7) is 5.92. The Labute approximate surface area is 137 Å². The van der Waals surface area contributed by atoms with Crippen molar-refractivity contribution in [2.24, 2.45) is 0 Å². The highest BCUT2D eigenvalue weighted by molar-refractivity contribution is 5.99. The maximum atomic E-state index is 12.8. The van der Waals surface area contributed by atoms with E-state index in [2.05, 4.69) is 5.32 Å². The number of benzene rings is 1. The summed E-state index contributed by atoms with van der Waals surface area (Å²) in [4.78, 5) is 14.6. The standard InChI is InChI=1S/C17H22N2O2.ClH/c1-11-5-4-6-14-12(2)16(21-15(11)14)17(20)19(3)13-7-9-18-10-8-13;/h4-6,13,18H,7-10H2,1-3H3;1H. The first kappa shape index (κ1) is 16.8. The van der Waals surface area contributed by atoms with Gasteiger partial charge >= 0.3 is 0 Å². The second-order valence-corrected chi connectivity index (χ2v) is 5.91. The number of hydrogen-bond donors (Lipinski definition) is 1. The molecule has 1 fully saturated rings. The Morgan fingerprint density at radius 2 is 1.95 bits per heavy atom. The lowest BCUT2D eigenvalue weighted by Crippen LogP contribution is -2.44. The van der Waals surface area contributed by atoms with Crippen LogP contribution >= 0.6 is 12.4 Å². The van der Waals surface area contributed by atoms with Crippen LogP contribution in [0.1, 0.15) is 34.5 Å². The summed E-state index contributed by atoms with van der Waals surface area (Å²) in [5.74, 6) is 0.482. The molecule has 22 heavy (non-hydrogen) atoms. The normalized spacial score (nSPS) is 15.6. The van der Waals surface area contributed by atoms with E-state index in [0.29, 0.717) is 11.8 Å². The molecule has 1 N–H and O–H groups in total. The smallest absolute Gasteiger partial charge is 0.289 e. The number of fused-ring (bicyclic) bond motifs is 1. The van der Waals surface area contributed by atoms with Crippen molar-refractivity contribution in [1.82, 2.24) is 10.2 Å². The van der Waals surface area contributed by atoms with E-state index in [1.54, 1.807) is 0 Å². The topological polar surface area (TPSA) is 45.5 Å². The van der Waals surface area contributed by atoms with Gasteiger partial charge in [-0.05, 0) is 45.3 Å². The lowest BCUT2D eigenvalue weighted by Gasteiger charge is -2.31. The number of halogens is 1. The van der Waals surface area contributed by atoms with Crippen molar-refractivity contribution < 1.29 is 9.21 Å². The van der Waals surface area contributed by atoms with Crippen LogP contribution < -0.4 is 5.32 Å². The molecule has 1 aliphatic rings. The fraction of sp³-hybridized carbons (Fsp3) is 0.471. The van der Waals surface area contributed by atoms with Crippen LogP contribution in [0.5, 0.6) is 0 Å². The maximum absolute atomic E-state index is 12.8. The van der Waals surface area contributed by atoms with E-state index in [1.807, 2.05) is 44.0 Å². The molecular weight excluding hydrogens is 300 g/mol. The van der Waals surface area contributed by atoms with Gasteiger partial charge in [0.2, 0.25) is 0 Å². The molecule has 0 spiro atoms. The maximum Gasteiger partial charge on any atom is 0.289 e. The molecule has 0 unspecified atom stereocenters. The molecule has 1 aromatic heterocycles. The molecule has 0 bridgehead atoms. The van der Waals surface area contributed by atoms with Crippen LogP contribution in [0.4, 0.5) is 0 Å². The lowest BCUT2D eigenvalue weighted by molar-refractivity contribution is 0.0672. The summed E-state index contributed by atoms with van der Waals surface area (Å²) in [6, 6.07) is 6.33. The van der Waals surface area contributed by atoms with Crippen molar-refractivity contribution in [3.63, 3.8) is 0 Å². The van der Waals surface area contributed by atoms with E-state index >= 15 is 0 Å². The SMILES string of the molecule is Cc1c(C(=O)N(C)C2CCNCC2)oc2c(C)cccc12.Cl. The number of amides is 1. The van der Waals surface area contributed by atoms with Crippen LogP contribution in [0.25, 0.3) is 11.0 Å². The Hall–Kier alpha value is -1.52. The van der Waals surface area contributed by atoms with Gasteiger partial charge in [0.05, 0.1) is 0 Å². The molecule has 0 saturated carbocycles. The molecule has 0 aliphatic carbocycles. The molecule has 5 heteroatoms. The first-order valence-electron chi connectivity index (χ1n) is 7.56. The van der Waals surface area contributed by atoms with Crippen molar-refractivity contribution in [3.05, 3.63) is 35.1 Å². The molecule has 0 radical (unpaired) electrons. The summed E-state index contributed by atoms with van der Waals surface area (Å²) in [6.07, 6.45) is 2.00. The first-order chi connectivity index (χ1) is 10.1. The molecule has 0 atom stereocenters. The van der Waals surface area contributed by atoms with E-state index in [4.69, 9.17) is 4.42 Å². The van der Waals surface area contributed by atoms with Gasteiger partial charge in [-0.1, -0.05) is 18.2 Å². The molecule has 2 aromatic rings. The predicted octanol–water partition coefficient (Wildman–Crippen LogP) is 3.30. The van der Waals surface area contributed by atoms with Gasteiger partial charge < -0.3 is 14.6 Å². The zero-order valence-corrected chi connectivity index (χ0v) is 14.1. The molecule has 1 aromatic carbocycles. The number of furan rings is 1. The lowest BCUT2D eigenvalue weighted by atomic mass is 10.0. The predicted molar refractivity (Wildman–Crippen MR) is 90.9 cm³/mol. The first-order valence-corrected chi connectivity index (χ1v) is 7.56. The van der Waals surface area contributed by atoms with Gasteiger partial charge in [0, 0.05) is 24.0 Å². The summed E-state index contributed by atoms with van der Waals surface area (Å²) in [5, 5.41) is 4.37. The van der Waals surface area contributed by atoms with Crippen LogP contribution in [-0.4, -0.2) is 37.0 Å². The third-order valence-electron chi connectivity index (χ3n) is 4.53. The minimum atomic E-state index is -0.00463. The van der Waals surface area contributed by atoms with Crippen LogP contribution in [0.2, 0.25) is 0 Å². The number of rotatable bonds is 2. The van der Waals surface area contributed by atoms with Crippen LogP contribution in [0.3, 0.4) is 0 Å². The highest BCUT2D eigenvalue weighted by Crippen LogP contribution is 2.29. The second kappa shape index (κ2) is 6.71. The zero-order valence-electron chi connectivity index (χ0n) is 13.3. The van der Waals surface area contributed by atoms with E-state index in [0.717, 1.165) is 48.0 Å². The molecule has 120 valence electrons. The fourth-order valence-corrected chi connectivity index (χ4v) is 3.11. The Kier molecular flexibility index (Phi) is 5.14. The fourth-order valence-electron chi connectivity index (χ4n) is 3.11. The number of piperidine rings is 1. The van der Waals surface area contributed by atoms with E-state index in [1.165, 1.54) is 0 Å². The van der Waals surface area contributed by atoms with Crippen molar-refractivity contribution in [1.29, 1.82) is 0 Å². The Bertz CT molecular complexity index is 675. The van der Waals surface area contributed by atoms with Crippen molar-refractivity contribution in [3.8, 4) is 0 Å². The highest BCUT2D eigenvalue weighted by Gasteiger charge is 2.27. The molecule has 2 heterocycles. The minimum Gasteiger partial charge on any atom is -0.450 e. The molecule has 4 nitrogen and oxygen atoms in total. The van der Waals surface area contributed by atoms with Gasteiger partial charge in [0.25, 0.3) is 5.91 Å². The number of nitrogens with zero attached hydrogens (tertiary/aromatic N) is 1. The number of para-hydroxylation sites is 1. The summed E-state index contributed by atoms with van der Waals surface area (Å²) >= 11 is 0. The largest absolute Gasteiger partial charge is 0.450 e. The Balaban J connectivity index is 0.00000176. The van der Waals surface area contributed by atoms with Gasteiger partial charge in [-0.15, -0.1) is 12.4 Å². The number of nitrogens with one attached hydrogen (secondary N) is 1. The average molecular weight is 323 g/mol. The van der Waals surface area contributed by atoms with Crippen molar-refractivity contribution in [2.45, 2.75) is 32.7 Å². The molecule has 1 amide bonds. The number of carbonyl (C=O) groups excluding carboxylic acids is 1. The molecular formula is C17H23ClN2O2. The summed E-state index contributed by atoms with van der Waals surface area (Å²) < 4.78 is 5.90. The number of aryl methyl sites for hydroxylation is 2. The van der Waals surface area contributed by atoms with E-state index < -0.39 is 0 Å². The molecule has 1 aliphatic heterocycles. The van der Waals surface area contributed by atoms with E-state index in [-0.39, 0.29) is 18.3 Å². The quantitative estimate of drug-likeness (QED) is 0.922. The van der Waals surface area contributed by atoms with Crippen molar-refractivity contribution in [2.75, 3.05) is 20.1 Å². The third kappa shape index (κ3) is 2.85. The summed E-state index contributed by atoms with van der Waals surface area (Å²) in [5.41, 5.74) is 2.84. The summed E-state index contributed by atoms with van der Waals surface area (Å²) in [7, 11) is 1.89. The van der Waals surface area contributed by atoms with Crippen LogP contribution in [0, 0.1) is 13.8 Å². The van der Waals surface area contributed by atoms with Gasteiger partial charge in [-0.25, -0.2) is 0 Å². The molecule has 3 rings (SSSR count). The van der Waals surface area contributed by atoms with Crippen molar-refractivity contribution >= 4 is 29.3 Å². The minimum absolute atomic E-state index is 0. The van der Waals surface area contributed by atoms with Gasteiger partial charge in [0.15, 0.2) is 5.76 Å².